The first-order valence-electron chi connectivity index (χ1n) is 9.90. The molecule has 0 aromatic heterocycles. The number of carbonyl (C=O) groups is 3. The van der Waals surface area contributed by atoms with Gasteiger partial charge in [0.15, 0.2) is 12.7 Å². The van der Waals surface area contributed by atoms with Crippen molar-refractivity contribution in [3.05, 3.63) is 59.2 Å². The smallest absolute Gasteiger partial charge is 0.308 e. The van der Waals surface area contributed by atoms with Gasteiger partial charge in [-0.25, -0.2) is 0 Å². The molecule has 6 heteroatoms. The van der Waals surface area contributed by atoms with Gasteiger partial charge in [-0.2, -0.15) is 0 Å². The van der Waals surface area contributed by atoms with Gasteiger partial charge in [-0.3, -0.25) is 14.4 Å². The predicted molar refractivity (Wildman–Crippen MR) is 107 cm³/mol. The average molecular weight is 393 g/mol. The van der Waals surface area contributed by atoms with E-state index in [1.54, 1.807) is 25.1 Å². The van der Waals surface area contributed by atoms with Gasteiger partial charge in [0.05, 0.1) is 12.1 Å². The standard InChI is InChI=1S/C23H23NO5/c1-15(23(27)18-10-9-16-5-4-6-17(16)13-18)29-22(26)11-12-24-19-7-2-3-8-20(19)28-14-21(24)25/h2-3,7-10,13,15H,4-6,11-12,14H2,1H3/t15-/m1/s1. The Morgan fingerprint density at radius 2 is 1.93 bits per heavy atom. The lowest BCUT2D eigenvalue weighted by Crippen LogP contribution is -2.40. The van der Waals surface area contributed by atoms with Gasteiger partial charge in [-0.1, -0.05) is 24.3 Å². The number of ether oxygens (including phenoxy) is 2. The molecule has 0 spiro atoms. The van der Waals surface area contributed by atoms with E-state index in [0.717, 1.165) is 19.3 Å². The summed E-state index contributed by atoms with van der Waals surface area (Å²) >= 11 is 0. The average Bonchev–Trinajstić information content (AvgIpc) is 3.20. The van der Waals surface area contributed by atoms with Gasteiger partial charge in [-0.05, 0) is 55.5 Å². The Bertz CT molecular complexity index is 967. The molecule has 2 aliphatic rings. The van der Waals surface area contributed by atoms with Crippen LogP contribution in [0.15, 0.2) is 42.5 Å². The molecule has 1 aliphatic heterocycles. The van der Waals surface area contributed by atoms with E-state index < -0.39 is 12.1 Å². The van der Waals surface area contributed by atoms with Crippen LogP contribution in [-0.4, -0.2) is 36.9 Å². The first-order chi connectivity index (χ1) is 14.0. The van der Waals surface area contributed by atoms with E-state index in [9.17, 15) is 14.4 Å². The number of hydrogen-bond donors (Lipinski definition) is 0. The maximum atomic E-state index is 12.6. The van der Waals surface area contributed by atoms with Gasteiger partial charge in [0.2, 0.25) is 5.78 Å². The summed E-state index contributed by atoms with van der Waals surface area (Å²) in [5, 5.41) is 0. The molecule has 150 valence electrons. The van der Waals surface area contributed by atoms with Crippen LogP contribution in [0.1, 0.15) is 41.3 Å². The molecule has 1 heterocycles. The Hall–Kier alpha value is -3.15. The van der Waals surface area contributed by atoms with Crippen LogP contribution in [0.4, 0.5) is 5.69 Å². The molecule has 0 fully saturated rings. The number of anilines is 1. The highest BCUT2D eigenvalue weighted by Gasteiger charge is 2.27. The van der Waals surface area contributed by atoms with Crippen molar-refractivity contribution >= 4 is 23.3 Å². The van der Waals surface area contributed by atoms with Crippen molar-refractivity contribution in [2.45, 2.75) is 38.7 Å². The van der Waals surface area contributed by atoms with Crippen molar-refractivity contribution in [1.82, 2.24) is 0 Å². The quantitative estimate of drug-likeness (QED) is 0.557. The van der Waals surface area contributed by atoms with Crippen molar-refractivity contribution < 1.29 is 23.9 Å². The summed E-state index contributed by atoms with van der Waals surface area (Å²) in [5.74, 6) is -0.316. The predicted octanol–water partition coefficient (Wildman–Crippen LogP) is 3.11. The lowest BCUT2D eigenvalue weighted by Gasteiger charge is -2.29. The molecule has 1 aliphatic carbocycles. The number of nitrogens with zero attached hydrogens (tertiary/aromatic N) is 1. The van der Waals surface area contributed by atoms with Crippen molar-refractivity contribution in [2.75, 3.05) is 18.1 Å². The van der Waals surface area contributed by atoms with E-state index in [1.165, 1.54) is 16.0 Å². The molecular weight excluding hydrogens is 370 g/mol. The number of benzene rings is 2. The molecule has 0 saturated heterocycles. The minimum atomic E-state index is -0.866. The van der Waals surface area contributed by atoms with E-state index in [1.807, 2.05) is 24.3 Å². The third-order valence-corrected chi connectivity index (χ3v) is 5.41. The van der Waals surface area contributed by atoms with E-state index in [4.69, 9.17) is 9.47 Å². The number of amides is 1. The Balaban J connectivity index is 1.35. The van der Waals surface area contributed by atoms with Crippen LogP contribution in [-0.2, 0) is 27.2 Å². The monoisotopic (exact) mass is 393 g/mol. The van der Waals surface area contributed by atoms with Gasteiger partial charge in [0.25, 0.3) is 5.91 Å². The molecule has 0 N–H and O–H groups in total. The fraction of sp³-hybridized carbons (Fsp3) is 0.348. The highest BCUT2D eigenvalue weighted by atomic mass is 16.5. The normalized spacial score (nSPS) is 15.9. The number of Topliss-reactive ketones (excluding diaryl/α,β-unsaturated/α-hetero) is 1. The fourth-order valence-corrected chi connectivity index (χ4v) is 3.87. The van der Waals surface area contributed by atoms with Crippen LogP contribution in [0.2, 0.25) is 0 Å². The maximum Gasteiger partial charge on any atom is 0.308 e. The summed E-state index contributed by atoms with van der Waals surface area (Å²) in [4.78, 5) is 38.6. The molecule has 2 aromatic carbocycles. The molecule has 6 nitrogen and oxygen atoms in total. The largest absolute Gasteiger partial charge is 0.482 e. The van der Waals surface area contributed by atoms with Crippen LogP contribution in [0.3, 0.4) is 0 Å². The van der Waals surface area contributed by atoms with Crippen LogP contribution in [0.25, 0.3) is 0 Å². The number of rotatable bonds is 6. The molecular formula is C23H23NO5. The summed E-state index contributed by atoms with van der Waals surface area (Å²) in [6, 6.07) is 12.9. The maximum absolute atomic E-state index is 12.6. The van der Waals surface area contributed by atoms with Crippen LogP contribution in [0.5, 0.6) is 5.75 Å². The molecule has 0 radical (unpaired) electrons. The summed E-state index contributed by atoms with van der Waals surface area (Å²) in [5.41, 5.74) is 3.71. The first kappa shape index (κ1) is 19.2. The summed E-state index contributed by atoms with van der Waals surface area (Å²) in [7, 11) is 0. The first-order valence-corrected chi connectivity index (χ1v) is 9.90. The third kappa shape index (κ3) is 4.01. The molecule has 29 heavy (non-hydrogen) atoms. The number of esters is 1. The second-order valence-corrected chi connectivity index (χ2v) is 7.39. The van der Waals surface area contributed by atoms with Gasteiger partial charge < -0.3 is 14.4 Å². The highest BCUT2D eigenvalue weighted by Crippen LogP contribution is 2.31. The zero-order chi connectivity index (χ0) is 20.4. The van der Waals surface area contributed by atoms with E-state index in [0.29, 0.717) is 17.0 Å². The number of para-hydroxylation sites is 2. The highest BCUT2D eigenvalue weighted by molar-refractivity contribution is 6.01. The lowest BCUT2D eigenvalue weighted by atomic mass is 10.0. The van der Waals surface area contributed by atoms with Crippen LogP contribution < -0.4 is 9.64 Å². The number of carbonyl (C=O) groups excluding carboxylic acids is 3. The van der Waals surface area contributed by atoms with Gasteiger partial charge in [-0.15, -0.1) is 0 Å². The Morgan fingerprint density at radius 3 is 2.79 bits per heavy atom. The zero-order valence-electron chi connectivity index (χ0n) is 16.3. The minimum absolute atomic E-state index is 0.00187. The second kappa shape index (κ2) is 8.07. The van der Waals surface area contributed by atoms with Gasteiger partial charge >= 0.3 is 5.97 Å². The molecule has 0 unspecified atom stereocenters. The van der Waals surface area contributed by atoms with Crippen molar-refractivity contribution in [3.8, 4) is 5.75 Å². The van der Waals surface area contributed by atoms with Crippen molar-refractivity contribution in [1.29, 1.82) is 0 Å². The van der Waals surface area contributed by atoms with Gasteiger partial charge in [0, 0.05) is 12.1 Å². The zero-order valence-corrected chi connectivity index (χ0v) is 16.3. The Morgan fingerprint density at radius 1 is 1.14 bits per heavy atom. The number of ketones is 1. The summed E-state index contributed by atoms with van der Waals surface area (Å²) < 4.78 is 10.7. The molecule has 1 atom stereocenters. The molecule has 1 amide bonds. The number of aryl methyl sites for hydroxylation is 2. The summed E-state index contributed by atoms with van der Waals surface area (Å²) in [6.07, 6.45) is 2.29. The van der Waals surface area contributed by atoms with Crippen molar-refractivity contribution in [3.63, 3.8) is 0 Å². The number of hydrogen-bond acceptors (Lipinski definition) is 5. The molecule has 0 saturated carbocycles. The van der Waals surface area contributed by atoms with E-state index >= 15 is 0 Å². The lowest BCUT2D eigenvalue weighted by molar-refractivity contribution is -0.146. The topological polar surface area (TPSA) is 72.9 Å². The molecule has 0 bridgehead atoms. The fourth-order valence-electron chi connectivity index (χ4n) is 3.87. The Kier molecular flexibility index (Phi) is 5.34. The molecule has 2 aromatic rings. The minimum Gasteiger partial charge on any atom is -0.482 e. The summed E-state index contributed by atoms with van der Waals surface area (Å²) in [6.45, 7) is 1.71. The molecule has 4 rings (SSSR count). The third-order valence-electron chi connectivity index (χ3n) is 5.41. The van der Waals surface area contributed by atoms with E-state index in [-0.39, 0.29) is 31.3 Å². The van der Waals surface area contributed by atoms with Crippen molar-refractivity contribution in [2.24, 2.45) is 0 Å². The number of fused-ring (bicyclic) bond motifs is 2. The second-order valence-electron chi connectivity index (χ2n) is 7.39. The van der Waals surface area contributed by atoms with Crippen LogP contribution in [0, 0.1) is 0 Å². The Labute approximate surface area is 169 Å². The van der Waals surface area contributed by atoms with Gasteiger partial charge in [0.1, 0.15) is 5.75 Å². The van der Waals surface area contributed by atoms with E-state index in [2.05, 4.69) is 0 Å². The van der Waals surface area contributed by atoms with Crippen LogP contribution >= 0.6 is 0 Å². The SMILES string of the molecule is C[C@@H](OC(=O)CCN1C(=O)COc2ccccc21)C(=O)c1ccc2c(c1)CCC2.